The van der Waals surface area contributed by atoms with Crippen LogP contribution in [0.25, 0.3) is 66.1 Å². The van der Waals surface area contributed by atoms with Crippen LogP contribution in [0.4, 0.5) is 17.1 Å². The number of rotatable bonds is 4. The summed E-state index contributed by atoms with van der Waals surface area (Å²) in [6.07, 6.45) is 0. The molecule has 0 bridgehead atoms. The van der Waals surface area contributed by atoms with Crippen molar-refractivity contribution in [3.63, 3.8) is 0 Å². The Hall–Kier alpha value is -6.84. The molecule has 1 aliphatic heterocycles. The maximum absolute atomic E-state index is 2.45. The third-order valence-electron chi connectivity index (χ3n) is 11.7. The van der Waals surface area contributed by atoms with Gasteiger partial charge in [0.25, 0.3) is 0 Å². The van der Waals surface area contributed by atoms with Gasteiger partial charge in [0.1, 0.15) is 0 Å². The molecule has 0 atom stereocenters. The number of aromatic nitrogens is 2. The van der Waals surface area contributed by atoms with Gasteiger partial charge in [0.2, 0.25) is 0 Å². The summed E-state index contributed by atoms with van der Waals surface area (Å²) in [6, 6.07) is 68.9. The fourth-order valence-electron chi connectivity index (χ4n) is 9.12. The zero-order valence-electron chi connectivity index (χ0n) is 30.2. The van der Waals surface area contributed by atoms with Gasteiger partial charge in [-0.2, -0.15) is 0 Å². The predicted octanol–water partition coefficient (Wildman–Crippen LogP) is 13.7. The van der Waals surface area contributed by atoms with Gasteiger partial charge in [-0.05, 0) is 107 Å². The molecule has 0 amide bonds. The van der Waals surface area contributed by atoms with E-state index in [1.807, 2.05) is 0 Å². The number of fused-ring (bicyclic) bond motifs is 8. The van der Waals surface area contributed by atoms with Gasteiger partial charge in [-0.25, -0.2) is 0 Å². The summed E-state index contributed by atoms with van der Waals surface area (Å²) in [7, 11) is 0. The van der Waals surface area contributed by atoms with Crippen LogP contribution >= 0.6 is 0 Å². The van der Waals surface area contributed by atoms with E-state index in [1.54, 1.807) is 0 Å². The van der Waals surface area contributed by atoms with Gasteiger partial charge in [0.05, 0.1) is 33.4 Å². The minimum absolute atomic E-state index is 0.200. The highest BCUT2D eigenvalue weighted by Crippen LogP contribution is 2.53. The standard InChI is InChI=1S/C51H37N3/c1-51(2)43-19-9-13-23-49(43)54(38-28-26-37(27-29-38)53-45-20-10-6-16-39(45)40-17-7-11-21-46(40)53)50-31-25-35(33-44(50)51)34-24-30-48-42(32-34)41-18-8-12-22-47(41)52(48)36-14-4-3-5-15-36/h3-33H,1-2H3. The molecule has 0 spiro atoms. The van der Waals surface area contributed by atoms with E-state index in [2.05, 4.69) is 216 Å². The van der Waals surface area contributed by atoms with E-state index in [0.29, 0.717) is 0 Å². The first-order valence-corrected chi connectivity index (χ1v) is 18.8. The number of para-hydroxylation sites is 5. The minimum Gasteiger partial charge on any atom is -0.310 e. The zero-order valence-corrected chi connectivity index (χ0v) is 30.2. The number of hydrogen-bond donors (Lipinski definition) is 0. The fourth-order valence-corrected chi connectivity index (χ4v) is 9.12. The summed E-state index contributed by atoms with van der Waals surface area (Å²) in [5.41, 5.74) is 15.7. The van der Waals surface area contributed by atoms with Crippen LogP contribution in [0.2, 0.25) is 0 Å². The van der Waals surface area contributed by atoms with Crippen LogP contribution in [-0.2, 0) is 5.41 Å². The van der Waals surface area contributed by atoms with Gasteiger partial charge >= 0.3 is 0 Å². The molecule has 0 N–H and O–H groups in total. The number of nitrogens with zero attached hydrogens (tertiary/aromatic N) is 3. The minimum atomic E-state index is -0.200. The SMILES string of the molecule is CC1(C)c2ccccc2N(c2ccc(-n3c4ccccc4c4ccccc43)cc2)c2ccc(-c3ccc4c(c3)c3ccccc3n4-c3ccccc3)cc21. The lowest BCUT2D eigenvalue weighted by Crippen LogP contribution is -2.30. The van der Waals surface area contributed by atoms with Crippen molar-refractivity contribution in [2.45, 2.75) is 19.3 Å². The highest BCUT2D eigenvalue weighted by Gasteiger charge is 2.37. The maximum atomic E-state index is 2.45. The average Bonchev–Trinajstić information content (AvgIpc) is 3.74. The van der Waals surface area contributed by atoms with Crippen LogP contribution in [-0.4, -0.2) is 9.13 Å². The number of hydrogen-bond acceptors (Lipinski definition) is 1. The molecule has 1 aliphatic rings. The van der Waals surface area contributed by atoms with E-state index < -0.39 is 0 Å². The van der Waals surface area contributed by atoms with E-state index >= 15 is 0 Å². The Bertz CT molecular complexity index is 3020. The van der Waals surface area contributed by atoms with Crippen molar-refractivity contribution in [2.24, 2.45) is 0 Å². The van der Waals surface area contributed by atoms with Gasteiger partial charge in [0.15, 0.2) is 0 Å². The predicted molar refractivity (Wildman–Crippen MR) is 227 cm³/mol. The van der Waals surface area contributed by atoms with Gasteiger partial charge in [-0.15, -0.1) is 0 Å². The van der Waals surface area contributed by atoms with E-state index in [0.717, 1.165) is 11.4 Å². The highest BCUT2D eigenvalue weighted by atomic mass is 15.2. The van der Waals surface area contributed by atoms with Crippen LogP contribution in [0.1, 0.15) is 25.0 Å². The monoisotopic (exact) mass is 691 g/mol. The smallest absolute Gasteiger partial charge is 0.0541 e. The van der Waals surface area contributed by atoms with E-state index in [4.69, 9.17) is 0 Å². The van der Waals surface area contributed by atoms with Gasteiger partial charge < -0.3 is 14.0 Å². The Labute approximate surface area is 314 Å². The maximum Gasteiger partial charge on any atom is 0.0541 e. The van der Waals surface area contributed by atoms with Crippen LogP contribution in [0, 0.1) is 0 Å². The van der Waals surface area contributed by atoms with Crippen molar-refractivity contribution in [3.05, 3.63) is 199 Å². The summed E-state index contributed by atoms with van der Waals surface area (Å²) in [4.78, 5) is 2.45. The van der Waals surface area contributed by atoms with Gasteiger partial charge in [-0.1, -0.05) is 117 Å². The van der Waals surface area contributed by atoms with E-state index in [9.17, 15) is 0 Å². The Kier molecular flexibility index (Phi) is 6.60. The lowest BCUT2D eigenvalue weighted by Gasteiger charge is -2.42. The second-order valence-electron chi connectivity index (χ2n) is 15.0. The summed E-state index contributed by atoms with van der Waals surface area (Å²) in [5.74, 6) is 0. The topological polar surface area (TPSA) is 13.1 Å². The Morgan fingerprint density at radius 1 is 0.333 bits per heavy atom. The molecule has 3 nitrogen and oxygen atoms in total. The van der Waals surface area contributed by atoms with Gasteiger partial charge in [-0.3, -0.25) is 0 Å². The molecular weight excluding hydrogens is 655 g/mol. The Balaban J connectivity index is 1.05. The number of benzene rings is 8. The highest BCUT2D eigenvalue weighted by molar-refractivity contribution is 6.11. The third kappa shape index (κ3) is 4.42. The summed E-state index contributed by atoms with van der Waals surface area (Å²) in [5, 5.41) is 5.07. The van der Waals surface area contributed by atoms with Gasteiger partial charge in [0, 0.05) is 44.0 Å². The molecular formula is C51H37N3. The molecule has 2 aromatic heterocycles. The third-order valence-corrected chi connectivity index (χ3v) is 11.7. The zero-order chi connectivity index (χ0) is 36.0. The largest absolute Gasteiger partial charge is 0.310 e. The molecule has 0 fully saturated rings. The molecule has 0 saturated carbocycles. The second kappa shape index (κ2) is 11.6. The van der Waals surface area contributed by atoms with Crippen molar-refractivity contribution in [1.29, 1.82) is 0 Å². The summed E-state index contributed by atoms with van der Waals surface area (Å²) >= 11 is 0. The van der Waals surface area contributed by atoms with Crippen molar-refractivity contribution in [3.8, 4) is 22.5 Å². The van der Waals surface area contributed by atoms with Crippen molar-refractivity contribution in [1.82, 2.24) is 9.13 Å². The van der Waals surface area contributed by atoms with Crippen LogP contribution < -0.4 is 4.90 Å². The quantitative estimate of drug-likeness (QED) is 0.179. The Morgan fingerprint density at radius 2 is 0.796 bits per heavy atom. The molecule has 8 aromatic carbocycles. The molecule has 54 heavy (non-hydrogen) atoms. The lowest BCUT2D eigenvalue weighted by atomic mass is 9.73. The lowest BCUT2D eigenvalue weighted by molar-refractivity contribution is 0.632. The first kappa shape index (κ1) is 30.8. The summed E-state index contributed by atoms with van der Waals surface area (Å²) < 4.78 is 4.77. The Morgan fingerprint density at radius 3 is 1.46 bits per heavy atom. The van der Waals surface area contributed by atoms with Crippen LogP contribution in [0.15, 0.2) is 188 Å². The molecule has 10 aromatic rings. The molecule has 11 rings (SSSR count). The molecule has 0 aliphatic carbocycles. The van der Waals surface area contributed by atoms with E-state index in [-0.39, 0.29) is 5.41 Å². The molecule has 0 radical (unpaired) electrons. The van der Waals surface area contributed by atoms with Crippen LogP contribution in [0.3, 0.4) is 0 Å². The van der Waals surface area contributed by atoms with Crippen LogP contribution in [0.5, 0.6) is 0 Å². The molecule has 0 unspecified atom stereocenters. The molecule has 256 valence electrons. The van der Waals surface area contributed by atoms with E-state index in [1.165, 1.54) is 82.9 Å². The number of anilines is 3. The molecule has 3 heteroatoms. The first-order chi connectivity index (χ1) is 26.6. The van der Waals surface area contributed by atoms with Crippen molar-refractivity contribution < 1.29 is 0 Å². The normalized spacial score (nSPS) is 13.5. The fraction of sp³-hybridized carbons (Fsp3) is 0.0588. The summed E-state index contributed by atoms with van der Waals surface area (Å²) in [6.45, 7) is 4.74. The molecule has 3 heterocycles. The molecule has 0 saturated heterocycles. The second-order valence-corrected chi connectivity index (χ2v) is 15.0. The van der Waals surface area contributed by atoms with Crippen molar-refractivity contribution >= 4 is 60.7 Å². The van der Waals surface area contributed by atoms with Crippen molar-refractivity contribution in [2.75, 3.05) is 4.90 Å². The average molecular weight is 692 g/mol. The first-order valence-electron chi connectivity index (χ1n) is 18.8.